The fraction of sp³-hybridized carbons (Fsp3) is 0.308. The number of carbonyl (C=O) groups is 1. The normalized spacial score (nSPS) is 11.5. The second-order valence-corrected chi connectivity index (χ2v) is 4.64. The van der Waals surface area contributed by atoms with E-state index in [-0.39, 0.29) is 0 Å². The number of hydrogen-bond acceptors (Lipinski definition) is 4. The fourth-order valence-electron chi connectivity index (χ4n) is 1.67. The minimum Gasteiger partial charge on any atom is -0.480 e. The number of carboxylic acid groups (broad SMARTS) is 1. The number of hydrogen-bond donors (Lipinski definition) is 1. The van der Waals surface area contributed by atoms with Crippen LogP contribution in [-0.4, -0.2) is 33.6 Å². The molecule has 1 heterocycles. The number of likely N-dealkylation sites (N-methyl/N-ethyl adjacent to an activating group) is 1. The third-order valence-corrected chi connectivity index (χ3v) is 3.20. The maximum Gasteiger partial charge on any atom is 0.328 e. The topological polar surface area (TPSA) is 66.3 Å². The molecule has 0 amide bonds. The van der Waals surface area contributed by atoms with Crippen molar-refractivity contribution in [2.45, 2.75) is 19.4 Å². The van der Waals surface area contributed by atoms with E-state index in [0.717, 1.165) is 10.9 Å². The highest BCUT2D eigenvalue weighted by atomic mass is 16.4. The Morgan fingerprint density at radius 1 is 1.28 bits per heavy atom. The van der Waals surface area contributed by atoms with Gasteiger partial charge in [0.2, 0.25) is 0 Å². The van der Waals surface area contributed by atoms with E-state index in [1.807, 2.05) is 24.3 Å². The minimum absolute atomic E-state index is 0.619. The molecule has 2 aromatic rings. The first-order valence-corrected chi connectivity index (χ1v) is 5.61. The van der Waals surface area contributed by atoms with Crippen LogP contribution < -0.4 is 4.90 Å². The Hall–Kier alpha value is -2.17. The molecule has 18 heavy (non-hydrogen) atoms. The van der Waals surface area contributed by atoms with Gasteiger partial charge in [0.15, 0.2) is 0 Å². The zero-order chi connectivity index (χ0) is 13.3. The van der Waals surface area contributed by atoms with Crippen LogP contribution in [0.2, 0.25) is 0 Å². The fourth-order valence-corrected chi connectivity index (χ4v) is 1.67. The standard InChI is InChI=1S/C13H15N3O2/c1-13(2,12(17)18)16(3)11-9-6-4-5-7-10(9)14-8-15-11/h4-8H,1-3H3,(H,17,18). The van der Waals surface area contributed by atoms with Crippen LogP contribution in [0.25, 0.3) is 10.9 Å². The van der Waals surface area contributed by atoms with Crippen molar-refractivity contribution in [2.24, 2.45) is 0 Å². The largest absolute Gasteiger partial charge is 0.480 e. The molecule has 94 valence electrons. The van der Waals surface area contributed by atoms with Crippen LogP contribution in [-0.2, 0) is 4.79 Å². The Morgan fingerprint density at radius 2 is 1.94 bits per heavy atom. The molecule has 1 aromatic carbocycles. The Morgan fingerprint density at radius 3 is 2.61 bits per heavy atom. The summed E-state index contributed by atoms with van der Waals surface area (Å²) in [5.41, 5.74) is -0.229. The van der Waals surface area contributed by atoms with Crippen LogP contribution in [0.15, 0.2) is 30.6 Å². The highest BCUT2D eigenvalue weighted by molar-refractivity contribution is 5.92. The van der Waals surface area contributed by atoms with E-state index in [1.54, 1.807) is 25.8 Å². The van der Waals surface area contributed by atoms with Crippen molar-refractivity contribution >= 4 is 22.7 Å². The molecule has 5 nitrogen and oxygen atoms in total. The zero-order valence-corrected chi connectivity index (χ0v) is 10.6. The Kier molecular flexibility index (Phi) is 2.90. The average Bonchev–Trinajstić information content (AvgIpc) is 2.37. The van der Waals surface area contributed by atoms with E-state index in [1.165, 1.54) is 6.33 Å². The quantitative estimate of drug-likeness (QED) is 0.895. The summed E-state index contributed by atoms with van der Waals surface area (Å²) in [6.45, 7) is 3.29. The number of benzene rings is 1. The van der Waals surface area contributed by atoms with Crippen molar-refractivity contribution in [3.05, 3.63) is 30.6 Å². The summed E-state index contributed by atoms with van der Waals surface area (Å²) < 4.78 is 0. The van der Waals surface area contributed by atoms with Gasteiger partial charge >= 0.3 is 5.97 Å². The molecule has 0 radical (unpaired) electrons. The number of anilines is 1. The number of para-hydroxylation sites is 1. The van der Waals surface area contributed by atoms with Gasteiger partial charge in [-0.2, -0.15) is 0 Å². The number of aromatic nitrogens is 2. The maximum atomic E-state index is 11.3. The molecule has 0 saturated carbocycles. The molecule has 1 N–H and O–H groups in total. The van der Waals surface area contributed by atoms with Crippen molar-refractivity contribution in [3.63, 3.8) is 0 Å². The SMILES string of the molecule is CN(c1ncnc2ccccc12)C(C)(C)C(=O)O. The molecule has 0 aliphatic carbocycles. The van der Waals surface area contributed by atoms with Gasteiger partial charge in [0.1, 0.15) is 17.7 Å². The van der Waals surface area contributed by atoms with E-state index < -0.39 is 11.5 Å². The van der Waals surface area contributed by atoms with Gasteiger partial charge in [-0.1, -0.05) is 12.1 Å². The molecule has 0 fully saturated rings. The van der Waals surface area contributed by atoms with Crippen LogP contribution in [0.4, 0.5) is 5.82 Å². The maximum absolute atomic E-state index is 11.3. The number of carboxylic acids is 1. The molecule has 0 unspecified atom stereocenters. The third-order valence-electron chi connectivity index (χ3n) is 3.20. The lowest BCUT2D eigenvalue weighted by molar-refractivity contribution is -0.142. The van der Waals surface area contributed by atoms with Crippen LogP contribution in [0.3, 0.4) is 0 Å². The molecule has 0 saturated heterocycles. The minimum atomic E-state index is -1.03. The van der Waals surface area contributed by atoms with Crippen molar-refractivity contribution in [1.82, 2.24) is 9.97 Å². The van der Waals surface area contributed by atoms with Crippen molar-refractivity contribution in [3.8, 4) is 0 Å². The molecule has 0 bridgehead atoms. The van der Waals surface area contributed by atoms with Crippen molar-refractivity contribution in [1.29, 1.82) is 0 Å². The Balaban J connectivity index is 2.58. The molecular formula is C13H15N3O2. The zero-order valence-electron chi connectivity index (χ0n) is 10.6. The van der Waals surface area contributed by atoms with E-state index in [9.17, 15) is 9.90 Å². The molecule has 0 atom stereocenters. The second kappa shape index (κ2) is 4.25. The van der Waals surface area contributed by atoms with Gasteiger partial charge in [0, 0.05) is 12.4 Å². The van der Waals surface area contributed by atoms with Crippen molar-refractivity contribution in [2.75, 3.05) is 11.9 Å². The summed E-state index contributed by atoms with van der Waals surface area (Å²) in [6, 6.07) is 7.54. The lowest BCUT2D eigenvalue weighted by Gasteiger charge is -2.33. The summed E-state index contributed by atoms with van der Waals surface area (Å²) in [5.74, 6) is -0.277. The van der Waals surface area contributed by atoms with Gasteiger partial charge in [-0.3, -0.25) is 0 Å². The summed E-state index contributed by atoms with van der Waals surface area (Å²) in [7, 11) is 1.73. The lowest BCUT2D eigenvalue weighted by Crippen LogP contribution is -2.48. The smallest absolute Gasteiger partial charge is 0.328 e. The van der Waals surface area contributed by atoms with Crippen LogP contribution in [0.5, 0.6) is 0 Å². The number of rotatable bonds is 3. The molecule has 0 aliphatic heterocycles. The number of aliphatic carboxylic acids is 1. The Labute approximate surface area is 105 Å². The third kappa shape index (κ3) is 1.88. The molecule has 0 spiro atoms. The number of fused-ring (bicyclic) bond motifs is 1. The van der Waals surface area contributed by atoms with E-state index >= 15 is 0 Å². The summed E-state index contributed by atoms with van der Waals surface area (Å²) in [4.78, 5) is 21.3. The van der Waals surface area contributed by atoms with Crippen molar-refractivity contribution < 1.29 is 9.90 Å². The molecule has 5 heteroatoms. The first kappa shape index (κ1) is 12.3. The van der Waals surface area contributed by atoms with Crippen LogP contribution >= 0.6 is 0 Å². The van der Waals surface area contributed by atoms with Crippen LogP contribution in [0.1, 0.15) is 13.8 Å². The summed E-state index contributed by atoms with van der Waals surface area (Å²) in [6.07, 6.45) is 1.45. The first-order chi connectivity index (χ1) is 8.44. The van der Waals surface area contributed by atoms with Crippen LogP contribution in [0, 0.1) is 0 Å². The Bertz CT molecular complexity index is 590. The first-order valence-electron chi connectivity index (χ1n) is 5.61. The summed E-state index contributed by atoms with van der Waals surface area (Å²) >= 11 is 0. The highest BCUT2D eigenvalue weighted by Crippen LogP contribution is 2.26. The molecule has 2 rings (SSSR count). The van der Waals surface area contributed by atoms with E-state index in [2.05, 4.69) is 9.97 Å². The monoisotopic (exact) mass is 245 g/mol. The molecule has 1 aromatic heterocycles. The van der Waals surface area contributed by atoms with Gasteiger partial charge in [0.25, 0.3) is 0 Å². The predicted molar refractivity (Wildman–Crippen MR) is 69.7 cm³/mol. The second-order valence-electron chi connectivity index (χ2n) is 4.64. The average molecular weight is 245 g/mol. The van der Waals surface area contributed by atoms with Gasteiger partial charge in [-0.25, -0.2) is 14.8 Å². The van der Waals surface area contributed by atoms with E-state index in [0.29, 0.717) is 5.82 Å². The number of nitrogens with zero attached hydrogens (tertiary/aromatic N) is 3. The van der Waals surface area contributed by atoms with Gasteiger partial charge in [0.05, 0.1) is 5.52 Å². The predicted octanol–water partition coefficient (Wildman–Crippen LogP) is 1.93. The van der Waals surface area contributed by atoms with Gasteiger partial charge < -0.3 is 10.0 Å². The summed E-state index contributed by atoms with van der Waals surface area (Å²) in [5, 5.41) is 10.1. The van der Waals surface area contributed by atoms with Gasteiger partial charge in [-0.05, 0) is 26.0 Å². The van der Waals surface area contributed by atoms with Gasteiger partial charge in [-0.15, -0.1) is 0 Å². The molecular weight excluding hydrogens is 230 g/mol. The van der Waals surface area contributed by atoms with E-state index in [4.69, 9.17) is 0 Å². The lowest BCUT2D eigenvalue weighted by atomic mass is 10.0. The molecule has 0 aliphatic rings. The highest BCUT2D eigenvalue weighted by Gasteiger charge is 2.33.